The van der Waals surface area contributed by atoms with Gasteiger partial charge in [0.1, 0.15) is 11.6 Å². The summed E-state index contributed by atoms with van der Waals surface area (Å²) in [6, 6.07) is 3.83. The number of aromatic nitrogens is 1. The number of carbonyl (C=O) groups excluding carboxylic acids is 1. The van der Waals surface area contributed by atoms with Crippen LogP contribution < -0.4 is 15.8 Å². The van der Waals surface area contributed by atoms with E-state index in [2.05, 4.69) is 10.3 Å². The Morgan fingerprint density at radius 1 is 1.57 bits per heavy atom. The summed E-state index contributed by atoms with van der Waals surface area (Å²) in [6.45, 7) is 1.77. The number of thiazole rings is 1. The lowest BCUT2D eigenvalue weighted by Gasteiger charge is -2.17. The van der Waals surface area contributed by atoms with E-state index in [9.17, 15) is 9.18 Å². The molecule has 7 heteroatoms. The van der Waals surface area contributed by atoms with Crippen molar-refractivity contribution in [3.05, 3.63) is 40.7 Å². The van der Waals surface area contributed by atoms with Crippen LogP contribution in [-0.2, 0) is 11.2 Å². The molecule has 0 aliphatic rings. The third kappa shape index (κ3) is 3.91. The molecule has 0 aliphatic heterocycles. The Morgan fingerprint density at radius 2 is 2.33 bits per heavy atom. The molecule has 0 saturated heterocycles. The maximum Gasteiger partial charge on any atom is 0.226 e. The maximum absolute atomic E-state index is 13.3. The van der Waals surface area contributed by atoms with Gasteiger partial charge in [-0.05, 0) is 25.1 Å². The molecule has 0 saturated carbocycles. The highest BCUT2D eigenvalue weighted by Crippen LogP contribution is 2.25. The van der Waals surface area contributed by atoms with Crippen LogP contribution in [-0.4, -0.2) is 18.0 Å². The van der Waals surface area contributed by atoms with Crippen LogP contribution in [0.1, 0.15) is 24.2 Å². The highest BCUT2D eigenvalue weighted by Gasteiger charge is 2.16. The van der Waals surface area contributed by atoms with E-state index in [1.54, 1.807) is 12.3 Å². The number of amides is 1. The fourth-order valence-electron chi connectivity index (χ4n) is 1.98. The number of carbonyl (C=O) groups is 1. The summed E-state index contributed by atoms with van der Waals surface area (Å²) >= 11 is 1.29. The molecule has 0 radical (unpaired) electrons. The lowest BCUT2D eigenvalue weighted by molar-refractivity contribution is -0.121. The van der Waals surface area contributed by atoms with Crippen molar-refractivity contribution in [2.75, 3.05) is 12.8 Å². The normalized spacial score (nSPS) is 12.0. The largest absolute Gasteiger partial charge is 0.496 e. The van der Waals surface area contributed by atoms with Crippen molar-refractivity contribution < 1.29 is 13.9 Å². The Bertz CT molecular complexity index is 645. The standard InChI is InChI=1S/C14H16FN3O2S/c1-8(11-5-9(15)3-4-12(11)20-2)17-13(19)6-10-7-21-14(16)18-10/h3-5,7-8H,6H2,1-2H3,(H2,16,18)(H,17,19). The number of hydrogen-bond acceptors (Lipinski definition) is 5. The molecule has 2 aromatic rings. The number of hydrogen-bond donors (Lipinski definition) is 2. The van der Waals surface area contributed by atoms with Crippen LogP contribution in [0.5, 0.6) is 5.75 Å². The van der Waals surface area contributed by atoms with Gasteiger partial charge in [0, 0.05) is 10.9 Å². The van der Waals surface area contributed by atoms with Crippen molar-refractivity contribution >= 4 is 22.4 Å². The number of benzene rings is 1. The van der Waals surface area contributed by atoms with E-state index >= 15 is 0 Å². The smallest absolute Gasteiger partial charge is 0.226 e. The second-order valence-electron chi connectivity index (χ2n) is 4.53. The fraction of sp³-hybridized carbons (Fsp3) is 0.286. The van der Waals surface area contributed by atoms with Crippen LogP contribution in [0.2, 0.25) is 0 Å². The van der Waals surface area contributed by atoms with E-state index in [-0.39, 0.29) is 24.2 Å². The monoisotopic (exact) mass is 309 g/mol. The average Bonchev–Trinajstić information content (AvgIpc) is 2.83. The third-order valence-corrected chi connectivity index (χ3v) is 3.67. The Kier molecular flexibility index (Phi) is 4.74. The molecule has 112 valence electrons. The van der Waals surface area contributed by atoms with Crippen molar-refractivity contribution in [2.24, 2.45) is 0 Å². The van der Waals surface area contributed by atoms with Gasteiger partial charge in [0.25, 0.3) is 0 Å². The van der Waals surface area contributed by atoms with Crippen LogP contribution in [0, 0.1) is 5.82 Å². The number of methoxy groups -OCH3 is 1. The molecular formula is C14H16FN3O2S. The molecule has 0 fully saturated rings. The molecule has 1 atom stereocenters. The Morgan fingerprint density at radius 3 is 2.95 bits per heavy atom. The van der Waals surface area contributed by atoms with Gasteiger partial charge >= 0.3 is 0 Å². The third-order valence-electron chi connectivity index (χ3n) is 2.95. The zero-order valence-electron chi connectivity index (χ0n) is 11.7. The Hall–Kier alpha value is -2.15. The number of nitrogens with zero attached hydrogens (tertiary/aromatic N) is 1. The molecule has 0 aliphatic carbocycles. The highest BCUT2D eigenvalue weighted by atomic mass is 32.1. The van der Waals surface area contributed by atoms with Gasteiger partial charge in [0.05, 0.1) is 25.3 Å². The predicted molar refractivity (Wildman–Crippen MR) is 79.7 cm³/mol. The molecule has 5 nitrogen and oxygen atoms in total. The number of ether oxygens (including phenoxy) is 1. The first-order valence-electron chi connectivity index (χ1n) is 6.32. The molecule has 2 rings (SSSR count). The van der Waals surface area contributed by atoms with E-state index in [1.807, 2.05) is 0 Å². The predicted octanol–water partition coefficient (Wildman–Crippen LogP) is 2.29. The van der Waals surface area contributed by atoms with E-state index in [0.29, 0.717) is 22.1 Å². The zero-order valence-corrected chi connectivity index (χ0v) is 12.5. The van der Waals surface area contributed by atoms with E-state index in [0.717, 1.165) is 0 Å². The van der Waals surface area contributed by atoms with Crippen molar-refractivity contribution in [1.29, 1.82) is 0 Å². The SMILES string of the molecule is COc1ccc(F)cc1C(C)NC(=O)Cc1csc(N)n1. The van der Waals surface area contributed by atoms with E-state index in [1.165, 1.54) is 36.6 Å². The zero-order chi connectivity index (χ0) is 15.4. The first-order chi connectivity index (χ1) is 9.99. The van der Waals surface area contributed by atoms with Gasteiger partial charge in [0.2, 0.25) is 5.91 Å². The van der Waals surface area contributed by atoms with Gasteiger partial charge in [-0.3, -0.25) is 4.79 Å². The summed E-state index contributed by atoms with van der Waals surface area (Å²) in [5, 5.41) is 4.96. The first kappa shape index (κ1) is 15.2. The van der Waals surface area contributed by atoms with Crippen LogP contribution in [0.3, 0.4) is 0 Å². The summed E-state index contributed by atoms with van der Waals surface area (Å²) in [7, 11) is 1.50. The number of nitrogens with one attached hydrogen (secondary N) is 1. The van der Waals surface area contributed by atoms with Crippen LogP contribution in [0.25, 0.3) is 0 Å². The molecule has 1 aromatic carbocycles. The summed E-state index contributed by atoms with van der Waals surface area (Å²) in [5.41, 5.74) is 6.72. The molecular weight excluding hydrogens is 293 g/mol. The van der Waals surface area contributed by atoms with Crippen molar-refractivity contribution in [3.8, 4) is 5.75 Å². The lowest BCUT2D eigenvalue weighted by Crippen LogP contribution is -2.28. The summed E-state index contributed by atoms with van der Waals surface area (Å²) in [4.78, 5) is 16.0. The average molecular weight is 309 g/mol. The van der Waals surface area contributed by atoms with Crippen LogP contribution in [0.4, 0.5) is 9.52 Å². The van der Waals surface area contributed by atoms with Gasteiger partial charge in [0.15, 0.2) is 5.13 Å². The second-order valence-corrected chi connectivity index (χ2v) is 5.42. The molecule has 1 unspecified atom stereocenters. The van der Waals surface area contributed by atoms with Gasteiger partial charge in [-0.25, -0.2) is 9.37 Å². The first-order valence-corrected chi connectivity index (χ1v) is 7.20. The lowest BCUT2D eigenvalue weighted by atomic mass is 10.1. The Balaban J connectivity index is 2.05. The maximum atomic E-state index is 13.3. The minimum absolute atomic E-state index is 0.135. The fourth-order valence-corrected chi connectivity index (χ4v) is 2.54. The van der Waals surface area contributed by atoms with Crippen molar-refractivity contribution in [1.82, 2.24) is 10.3 Å². The van der Waals surface area contributed by atoms with Crippen LogP contribution >= 0.6 is 11.3 Å². The van der Waals surface area contributed by atoms with E-state index < -0.39 is 0 Å². The summed E-state index contributed by atoms with van der Waals surface area (Å²) in [5.74, 6) is -0.0552. The number of nitrogen functional groups attached to an aromatic ring is 1. The van der Waals surface area contributed by atoms with Gasteiger partial charge in [-0.15, -0.1) is 11.3 Å². The summed E-state index contributed by atoms with van der Waals surface area (Å²) in [6.07, 6.45) is 0.135. The Labute approximate surface area is 126 Å². The molecule has 1 aromatic heterocycles. The molecule has 21 heavy (non-hydrogen) atoms. The highest BCUT2D eigenvalue weighted by molar-refractivity contribution is 7.13. The van der Waals surface area contributed by atoms with Crippen molar-refractivity contribution in [2.45, 2.75) is 19.4 Å². The number of nitrogens with two attached hydrogens (primary N) is 1. The summed E-state index contributed by atoms with van der Waals surface area (Å²) < 4.78 is 18.5. The van der Waals surface area contributed by atoms with Gasteiger partial charge in [-0.2, -0.15) is 0 Å². The quantitative estimate of drug-likeness (QED) is 0.888. The molecule has 0 bridgehead atoms. The molecule has 1 amide bonds. The van der Waals surface area contributed by atoms with E-state index in [4.69, 9.17) is 10.5 Å². The molecule has 3 N–H and O–H groups in total. The topological polar surface area (TPSA) is 77.2 Å². The van der Waals surface area contributed by atoms with Crippen LogP contribution in [0.15, 0.2) is 23.6 Å². The van der Waals surface area contributed by atoms with Gasteiger partial charge < -0.3 is 15.8 Å². The second kappa shape index (κ2) is 6.53. The van der Waals surface area contributed by atoms with Crippen molar-refractivity contribution in [3.63, 3.8) is 0 Å². The minimum atomic E-state index is -0.376. The van der Waals surface area contributed by atoms with Gasteiger partial charge in [-0.1, -0.05) is 0 Å². The number of rotatable bonds is 5. The minimum Gasteiger partial charge on any atom is -0.496 e. The number of halogens is 1. The number of anilines is 1. The molecule has 1 heterocycles. The molecule has 0 spiro atoms.